The Morgan fingerprint density at radius 3 is 2.39 bits per heavy atom. The first kappa shape index (κ1) is 21.7. The molecule has 160 valence electrons. The maximum atomic E-state index is 13.1. The molecular formula is C24H23BrN2O3S. The Morgan fingerprint density at radius 1 is 0.935 bits per heavy atom. The van der Waals surface area contributed by atoms with Crippen molar-refractivity contribution < 1.29 is 13.2 Å². The molecule has 1 heterocycles. The fraction of sp³-hybridized carbons (Fsp3) is 0.208. The molecule has 0 radical (unpaired) electrons. The van der Waals surface area contributed by atoms with Crippen molar-refractivity contribution in [3.8, 4) is 11.1 Å². The highest BCUT2D eigenvalue weighted by molar-refractivity contribution is 9.10. The van der Waals surface area contributed by atoms with Gasteiger partial charge in [-0.3, -0.25) is 4.79 Å². The number of nitrogens with zero attached hydrogens (tertiary/aromatic N) is 1. The van der Waals surface area contributed by atoms with Gasteiger partial charge in [0.1, 0.15) is 0 Å². The zero-order chi connectivity index (χ0) is 21.8. The average Bonchev–Trinajstić information content (AvgIpc) is 2.80. The fourth-order valence-corrected chi connectivity index (χ4v) is 6.35. The predicted octanol–water partition coefficient (Wildman–Crippen LogP) is 5.16. The van der Waals surface area contributed by atoms with Gasteiger partial charge in [0.25, 0.3) is 0 Å². The van der Waals surface area contributed by atoms with Crippen molar-refractivity contribution in [3.05, 3.63) is 83.3 Å². The summed E-state index contributed by atoms with van der Waals surface area (Å²) in [6.45, 7) is 0.580. The molecule has 1 aliphatic rings. The largest absolute Gasteiger partial charge is 0.325 e. The van der Waals surface area contributed by atoms with Crippen molar-refractivity contribution in [1.29, 1.82) is 0 Å². The molecule has 0 aliphatic carbocycles. The van der Waals surface area contributed by atoms with E-state index in [9.17, 15) is 13.2 Å². The number of hydrogen-bond acceptors (Lipinski definition) is 3. The van der Waals surface area contributed by atoms with E-state index in [1.807, 2.05) is 54.6 Å². The second-order valence-electron chi connectivity index (χ2n) is 7.53. The summed E-state index contributed by atoms with van der Waals surface area (Å²) in [4.78, 5) is 13.3. The van der Waals surface area contributed by atoms with Gasteiger partial charge in [0.15, 0.2) is 0 Å². The predicted molar refractivity (Wildman–Crippen MR) is 126 cm³/mol. The summed E-state index contributed by atoms with van der Waals surface area (Å²) in [5.74, 6) is -0.565. The Balaban J connectivity index is 1.53. The lowest BCUT2D eigenvalue weighted by Crippen LogP contribution is -2.43. The van der Waals surface area contributed by atoms with Crippen LogP contribution in [0.4, 0.5) is 5.69 Å². The molecule has 0 saturated carbocycles. The first-order valence-electron chi connectivity index (χ1n) is 10.2. The average molecular weight is 499 g/mol. The summed E-state index contributed by atoms with van der Waals surface area (Å²) in [5, 5.41) is 3.03. The number of benzene rings is 3. The molecule has 0 spiro atoms. The van der Waals surface area contributed by atoms with Crippen molar-refractivity contribution in [2.24, 2.45) is 5.92 Å². The van der Waals surface area contributed by atoms with Gasteiger partial charge in [-0.25, -0.2) is 8.42 Å². The molecule has 1 saturated heterocycles. The molecule has 1 N–H and O–H groups in total. The van der Waals surface area contributed by atoms with E-state index >= 15 is 0 Å². The molecule has 3 aromatic carbocycles. The molecule has 1 atom stereocenters. The van der Waals surface area contributed by atoms with Crippen LogP contribution in [0.3, 0.4) is 0 Å². The van der Waals surface area contributed by atoms with Gasteiger partial charge in [-0.2, -0.15) is 4.31 Å². The number of hydrogen-bond donors (Lipinski definition) is 1. The number of halogens is 1. The molecule has 0 bridgehead atoms. The van der Waals surface area contributed by atoms with Crippen molar-refractivity contribution in [3.63, 3.8) is 0 Å². The Hall–Kier alpha value is -2.48. The van der Waals surface area contributed by atoms with Crippen LogP contribution >= 0.6 is 15.9 Å². The summed E-state index contributed by atoms with van der Waals surface area (Å²) in [6, 6.07) is 24.3. The Morgan fingerprint density at radius 2 is 1.61 bits per heavy atom. The summed E-state index contributed by atoms with van der Waals surface area (Å²) in [7, 11) is -3.68. The highest BCUT2D eigenvalue weighted by Gasteiger charge is 2.34. The second kappa shape index (κ2) is 9.34. The van der Waals surface area contributed by atoms with E-state index in [1.165, 1.54) is 4.31 Å². The molecule has 1 amide bonds. The van der Waals surface area contributed by atoms with E-state index in [1.54, 1.807) is 24.3 Å². The molecule has 3 aromatic rings. The van der Waals surface area contributed by atoms with Crippen LogP contribution < -0.4 is 5.32 Å². The molecule has 1 fully saturated rings. The van der Waals surface area contributed by atoms with Crippen molar-refractivity contribution in [1.82, 2.24) is 4.31 Å². The summed E-state index contributed by atoms with van der Waals surface area (Å²) in [5.41, 5.74) is 2.68. The Bertz CT molecular complexity index is 1180. The number of carbonyl (C=O) groups is 1. The van der Waals surface area contributed by atoms with E-state index in [4.69, 9.17) is 0 Å². The SMILES string of the molecule is O=C(Nc1ccccc1-c1ccccc1)[C@@H]1CCCN(S(=O)(=O)c2ccccc2Br)C1. The minimum absolute atomic E-state index is 0.157. The maximum absolute atomic E-state index is 13.1. The molecular weight excluding hydrogens is 476 g/mol. The van der Waals surface area contributed by atoms with Crippen molar-refractivity contribution in [2.75, 3.05) is 18.4 Å². The Labute approximate surface area is 191 Å². The summed E-state index contributed by atoms with van der Waals surface area (Å²) < 4.78 is 28.2. The van der Waals surface area contributed by atoms with Gasteiger partial charge in [0.2, 0.25) is 15.9 Å². The number of carbonyl (C=O) groups excluding carboxylic acids is 1. The third-order valence-electron chi connectivity index (χ3n) is 5.48. The van der Waals surface area contributed by atoms with Gasteiger partial charge in [-0.05, 0) is 52.5 Å². The van der Waals surface area contributed by atoms with Crippen LogP contribution in [0.25, 0.3) is 11.1 Å². The van der Waals surface area contributed by atoms with Crippen LogP contribution in [0, 0.1) is 5.92 Å². The summed E-state index contributed by atoms with van der Waals surface area (Å²) >= 11 is 3.33. The van der Waals surface area contributed by atoms with Crippen molar-refractivity contribution in [2.45, 2.75) is 17.7 Å². The lowest BCUT2D eigenvalue weighted by Gasteiger charge is -2.31. The lowest BCUT2D eigenvalue weighted by molar-refractivity contribution is -0.120. The molecule has 4 rings (SSSR count). The second-order valence-corrected chi connectivity index (χ2v) is 10.3. The maximum Gasteiger partial charge on any atom is 0.244 e. The highest BCUT2D eigenvalue weighted by atomic mass is 79.9. The van der Waals surface area contributed by atoms with Gasteiger partial charge in [-0.15, -0.1) is 0 Å². The minimum Gasteiger partial charge on any atom is -0.325 e. The number of para-hydroxylation sites is 1. The number of rotatable bonds is 5. The quantitative estimate of drug-likeness (QED) is 0.528. The standard InChI is InChI=1S/C24H23BrN2O3S/c25-21-13-5-7-15-23(21)31(29,30)27-16-8-11-19(17-27)24(28)26-22-14-6-4-12-20(22)18-9-2-1-3-10-18/h1-7,9-10,12-15,19H,8,11,16-17H2,(H,26,28)/t19-/m1/s1. The number of piperidine rings is 1. The van der Waals surface area contributed by atoms with E-state index in [0.29, 0.717) is 23.9 Å². The minimum atomic E-state index is -3.68. The molecule has 0 aromatic heterocycles. The third kappa shape index (κ3) is 4.74. The summed E-state index contributed by atoms with van der Waals surface area (Å²) in [6.07, 6.45) is 1.30. The van der Waals surface area contributed by atoms with E-state index in [-0.39, 0.29) is 17.3 Å². The van der Waals surface area contributed by atoms with Crippen LogP contribution in [0.1, 0.15) is 12.8 Å². The van der Waals surface area contributed by atoms with Crippen molar-refractivity contribution >= 4 is 37.5 Å². The number of anilines is 1. The van der Waals surface area contributed by atoms with Crippen LogP contribution in [0.2, 0.25) is 0 Å². The molecule has 7 heteroatoms. The van der Waals surface area contributed by atoms with Gasteiger partial charge < -0.3 is 5.32 Å². The van der Waals surface area contributed by atoms with Crippen LogP contribution in [-0.4, -0.2) is 31.7 Å². The lowest BCUT2D eigenvalue weighted by atomic mass is 9.98. The van der Waals surface area contributed by atoms with Crippen LogP contribution in [0.15, 0.2) is 88.2 Å². The third-order valence-corrected chi connectivity index (χ3v) is 8.36. The van der Waals surface area contributed by atoms with Gasteiger partial charge in [-0.1, -0.05) is 60.7 Å². The molecule has 31 heavy (non-hydrogen) atoms. The highest BCUT2D eigenvalue weighted by Crippen LogP contribution is 2.31. The fourth-order valence-electron chi connectivity index (χ4n) is 3.86. The number of amides is 1. The van der Waals surface area contributed by atoms with E-state index in [0.717, 1.165) is 16.8 Å². The first-order valence-corrected chi connectivity index (χ1v) is 12.4. The smallest absolute Gasteiger partial charge is 0.244 e. The van der Waals surface area contributed by atoms with Gasteiger partial charge in [0, 0.05) is 28.8 Å². The van der Waals surface area contributed by atoms with E-state index in [2.05, 4.69) is 21.2 Å². The number of sulfonamides is 1. The van der Waals surface area contributed by atoms with Gasteiger partial charge in [0.05, 0.1) is 10.8 Å². The normalized spacial score (nSPS) is 17.3. The molecule has 0 unspecified atom stereocenters. The zero-order valence-electron chi connectivity index (χ0n) is 16.9. The topological polar surface area (TPSA) is 66.5 Å². The van der Waals surface area contributed by atoms with Crippen LogP contribution in [0.5, 0.6) is 0 Å². The van der Waals surface area contributed by atoms with Gasteiger partial charge >= 0.3 is 0 Å². The molecule has 5 nitrogen and oxygen atoms in total. The number of nitrogens with one attached hydrogen (secondary N) is 1. The Kier molecular flexibility index (Phi) is 6.55. The monoisotopic (exact) mass is 498 g/mol. The molecule has 1 aliphatic heterocycles. The van der Waals surface area contributed by atoms with Crippen LogP contribution in [-0.2, 0) is 14.8 Å². The first-order chi connectivity index (χ1) is 15.0. The zero-order valence-corrected chi connectivity index (χ0v) is 19.3. The van der Waals surface area contributed by atoms with E-state index < -0.39 is 15.9 Å².